The highest BCUT2D eigenvalue weighted by Crippen LogP contribution is 2.29. The van der Waals surface area contributed by atoms with Crippen molar-refractivity contribution in [3.63, 3.8) is 0 Å². The number of para-hydroxylation sites is 1. The zero-order chi connectivity index (χ0) is 26.9. The lowest BCUT2D eigenvalue weighted by Crippen LogP contribution is -2.53. The summed E-state index contributed by atoms with van der Waals surface area (Å²) in [4.78, 5) is 28.4. The third-order valence-electron chi connectivity index (χ3n) is 6.06. The van der Waals surface area contributed by atoms with Crippen molar-refractivity contribution < 1.29 is 18.0 Å². The molecule has 1 unspecified atom stereocenters. The van der Waals surface area contributed by atoms with Gasteiger partial charge in [-0.3, -0.25) is 13.9 Å². The van der Waals surface area contributed by atoms with Crippen LogP contribution in [-0.4, -0.2) is 57.1 Å². The molecule has 0 heterocycles. The maximum absolute atomic E-state index is 13.8. The van der Waals surface area contributed by atoms with E-state index >= 15 is 0 Å². The summed E-state index contributed by atoms with van der Waals surface area (Å²) < 4.78 is 26.9. The van der Waals surface area contributed by atoms with E-state index in [1.165, 1.54) is 4.31 Å². The van der Waals surface area contributed by atoms with E-state index in [0.717, 1.165) is 17.4 Å². The Bertz CT molecular complexity index is 1100. The maximum Gasteiger partial charge on any atom is 0.244 e. The first-order chi connectivity index (χ1) is 17.0. The summed E-state index contributed by atoms with van der Waals surface area (Å²) in [6.45, 7) is 10.3. The van der Waals surface area contributed by atoms with E-state index in [0.29, 0.717) is 31.6 Å². The Morgan fingerprint density at radius 3 is 2.11 bits per heavy atom. The zero-order valence-corrected chi connectivity index (χ0v) is 23.2. The third-order valence-corrected chi connectivity index (χ3v) is 7.19. The Balaban J connectivity index is 2.41. The first kappa shape index (κ1) is 29.4. The van der Waals surface area contributed by atoms with E-state index in [4.69, 9.17) is 0 Å². The molecule has 2 aromatic rings. The summed E-state index contributed by atoms with van der Waals surface area (Å²) in [6, 6.07) is 16.3. The topological polar surface area (TPSA) is 86.8 Å². The molecule has 0 aliphatic rings. The molecule has 0 fully saturated rings. The highest BCUT2D eigenvalue weighted by molar-refractivity contribution is 7.92. The van der Waals surface area contributed by atoms with Gasteiger partial charge in [0.25, 0.3) is 0 Å². The monoisotopic (exact) mass is 515 g/mol. The first-order valence-corrected chi connectivity index (χ1v) is 14.5. The number of nitrogens with zero attached hydrogens (tertiary/aromatic N) is 2. The van der Waals surface area contributed by atoms with Crippen LogP contribution in [0.5, 0.6) is 0 Å². The Morgan fingerprint density at radius 2 is 1.56 bits per heavy atom. The third kappa shape index (κ3) is 8.36. The van der Waals surface area contributed by atoms with Crippen LogP contribution in [0, 0.1) is 5.92 Å². The van der Waals surface area contributed by atoms with E-state index < -0.39 is 22.0 Å². The number of hydrogen-bond donors (Lipinski definition) is 1. The summed E-state index contributed by atoms with van der Waals surface area (Å²) in [5, 5.41) is 2.94. The summed E-state index contributed by atoms with van der Waals surface area (Å²) in [5.41, 5.74) is 2.37. The summed E-state index contributed by atoms with van der Waals surface area (Å²) >= 11 is 0. The van der Waals surface area contributed by atoms with Crippen molar-refractivity contribution in [2.45, 2.75) is 59.4 Å². The van der Waals surface area contributed by atoms with Gasteiger partial charge in [0, 0.05) is 13.1 Å². The van der Waals surface area contributed by atoms with Crippen LogP contribution in [0.1, 0.15) is 58.1 Å². The molecule has 2 aromatic carbocycles. The molecule has 36 heavy (non-hydrogen) atoms. The van der Waals surface area contributed by atoms with Gasteiger partial charge in [-0.15, -0.1) is 0 Å². The molecular weight excluding hydrogens is 474 g/mol. The van der Waals surface area contributed by atoms with Gasteiger partial charge < -0.3 is 10.2 Å². The van der Waals surface area contributed by atoms with Gasteiger partial charge in [-0.25, -0.2) is 8.42 Å². The van der Waals surface area contributed by atoms with E-state index in [2.05, 4.69) is 5.32 Å². The normalized spacial score (nSPS) is 12.4. The molecule has 2 rings (SSSR count). The van der Waals surface area contributed by atoms with Crippen molar-refractivity contribution in [1.82, 2.24) is 10.2 Å². The second-order valence-electron chi connectivity index (χ2n) is 9.87. The predicted octanol–water partition coefficient (Wildman–Crippen LogP) is 4.20. The number of rotatable bonds is 13. The summed E-state index contributed by atoms with van der Waals surface area (Å²) in [7, 11) is -3.76. The van der Waals surface area contributed by atoms with Gasteiger partial charge in [-0.05, 0) is 41.9 Å². The predicted molar refractivity (Wildman–Crippen MR) is 147 cm³/mol. The lowest BCUT2D eigenvalue weighted by Gasteiger charge is -2.33. The largest absolute Gasteiger partial charge is 0.354 e. The smallest absolute Gasteiger partial charge is 0.244 e. The van der Waals surface area contributed by atoms with Gasteiger partial charge in [0.15, 0.2) is 0 Å². The lowest BCUT2D eigenvalue weighted by molar-refractivity contribution is -0.139. The number of benzene rings is 2. The first-order valence-electron chi connectivity index (χ1n) is 12.6. The molecule has 0 saturated heterocycles. The van der Waals surface area contributed by atoms with Crippen LogP contribution in [0.2, 0.25) is 0 Å². The van der Waals surface area contributed by atoms with Crippen molar-refractivity contribution in [3.8, 4) is 0 Å². The second kappa shape index (κ2) is 13.4. The van der Waals surface area contributed by atoms with E-state index in [1.54, 1.807) is 17.0 Å². The number of sulfonamides is 1. The van der Waals surface area contributed by atoms with Crippen LogP contribution in [0.15, 0.2) is 54.6 Å². The minimum Gasteiger partial charge on any atom is -0.354 e. The average molecular weight is 516 g/mol. The Morgan fingerprint density at radius 1 is 0.944 bits per heavy atom. The van der Waals surface area contributed by atoms with Crippen molar-refractivity contribution in [2.24, 2.45) is 5.92 Å². The van der Waals surface area contributed by atoms with Crippen LogP contribution >= 0.6 is 0 Å². The molecular formula is C28H41N3O4S. The molecule has 0 saturated carbocycles. The van der Waals surface area contributed by atoms with Crippen LogP contribution in [0.4, 0.5) is 5.69 Å². The summed E-state index contributed by atoms with van der Waals surface area (Å²) in [6.07, 6.45) is 2.09. The molecule has 0 aliphatic heterocycles. The standard InChI is InChI=1S/C28H41N3O4S/c1-7-25(28(33)29-19-21(2)3)30(18-17-23-13-9-8-10-14-23)27(32)20-31(36(6,34)35)26-16-12-11-15-24(26)22(4)5/h8-16,21-22,25H,7,17-20H2,1-6H3,(H,29,33). The highest BCUT2D eigenvalue weighted by atomic mass is 32.2. The molecule has 0 aromatic heterocycles. The van der Waals surface area contributed by atoms with Crippen LogP contribution < -0.4 is 9.62 Å². The van der Waals surface area contributed by atoms with Gasteiger partial charge in [0.05, 0.1) is 11.9 Å². The van der Waals surface area contributed by atoms with Crippen molar-refractivity contribution in [1.29, 1.82) is 0 Å². The van der Waals surface area contributed by atoms with E-state index in [9.17, 15) is 18.0 Å². The fraction of sp³-hybridized carbons (Fsp3) is 0.500. The van der Waals surface area contributed by atoms with Gasteiger partial charge in [0.1, 0.15) is 12.6 Å². The molecule has 8 heteroatoms. The summed E-state index contributed by atoms with van der Waals surface area (Å²) in [5.74, 6) is -0.282. The van der Waals surface area contributed by atoms with Crippen molar-refractivity contribution >= 4 is 27.5 Å². The quantitative estimate of drug-likeness (QED) is 0.433. The van der Waals surface area contributed by atoms with Gasteiger partial charge in [-0.2, -0.15) is 0 Å². The molecule has 0 radical (unpaired) electrons. The molecule has 2 amide bonds. The van der Waals surface area contributed by atoms with Crippen LogP contribution in [-0.2, 0) is 26.0 Å². The maximum atomic E-state index is 13.8. The SMILES string of the molecule is CCC(C(=O)NCC(C)C)N(CCc1ccccc1)C(=O)CN(c1ccccc1C(C)C)S(C)(=O)=O. The van der Waals surface area contributed by atoms with E-state index in [1.807, 2.05) is 77.1 Å². The Labute approximate surface area is 216 Å². The molecule has 0 bridgehead atoms. The number of hydrogen-bond acceptors (Lipinski definition) is 4. The minimum absolute atomic E-state index is 0.0694. The molecule has 0 spiro atoms. The number of amides is 2. The van der Waals surface area contributed by atoms with Gasteiger partial charge in [0.2, 0.25) is 21.8 Å². The fourth-order valence-corrected chi connectivity index (χ4v) is 4.98. The number of carbonyl (C=O) groups excluding carboxylic acids is 2. The van der Waals surface area contributed by atoms with Crippen LogP contribution in [0.25, 0.3) is 0 Å². The minimum atomic E-state index is -3.76. The highest BCUT2D eigenvalue weighted by Gasteiger charge is 2.32. The van der Waals surface area contributed by atoms with Gasteiger partial charge in [-0.1, -0.05) is 83.1 Å². The zero-order valence-electron chi connectivity index (χ0n) is 22.4. The van der Waals surface area contributed by atoms with Crippen LogP contribution in [0.3, 0.4) is 0 Å². The number of nitrogens with one attached hydrogen (secondary N) is 1. The lowest BCUT2D eigenvalue weighted by atomic mass is 10.0. The van der Waals surface area contributed by atoms with Crippen molar-refractivity contribution in [2.75, 3.05) is 30.2 Å². The second-order valence-corrected chi connectivity index (χ2v) is 11.8. The number of anilines is 1. The molecule has 7 nitrogen and oxygen atoms in total. The molecule has 0 aliphatic carbocycles. The molecule has 1 atom stereocenters. The molecule has 198 valence electrons. The Kier molecular flexibility index (Phi) is 11.0. The van der Waals surface area contributed by atoms with Gasteiger partial charge >= 0.3 is 0 Å². The average Bonchev–Trinajstić information content (AvgIpc) is 2.83. The molecule has 1 N–H and O–H groups in total. The Hall–Kier alpha value is -2.87. The number of carbonyl (C=O) groups is 2. The fourth-order valence-electron chi connectivity index (χ4n) is 4.12. The van der Waals surface area contributed by atoms with Crippen molar-refractivity contribution in [3.05, 3.63) is 65.7 Å². The van der Waals surface area contributed by atoms with E-state index in [-0.39, 0.29) is 24.3 Å².